The first-order valence-corrected chi connectivity index (χ1v) is 3.74. The van der Waals surface area contributed by atoms with E-state index in [1.54, 1.807) is 0 Å². The fraction of sp³-hybridized carbons (Fsp3) is 0.667. The fourth-order valence-electron chi connectivity index (χ4n) is 0.448. The van der Waals surface area contributed by atoms with Crippen molar-refractivity contribution in [1.82, 2.24) is 0 Å². The van der Waals surface area contributed by atoms with E-state index in [-0.39, 0.29) is 18.2 Å². The Kier molecular flexibility index (Phi) is 4.27. The number of alkyl halides is 1. The summed E-state index contributed by atoms with van der Waals surface area (Å²) >= 11 is 3.02. The summed E-state index contributed by atoms with van der Waals surface area (Å²) in [7, 11) is 0. The zero-order chi connectivity index (χ0) is 8.15. The number of ether oxygens (including phenoxy) is 1. The molecule has 4 heteroatoms. The molecular formula is C6H9BrO3. The summed E-state index contributed by atoms with van der Waals surface area (Å²) in [5.41, 5.74) is 0. The molecule has 0 amide bonds. The van der Waals surface area contributed by atoms with Crippen LogP contribution in [0.1, 0.15) is 20.3 Å². The number of hydrogen-bond donors (Lipinski definition) is 0. The van der Waals surface area contributed by atoms with E-state index in [1.807, 2.05) is 0 Å². The molecule has 0 aromatic carbocycles. The van der Waals surface area contributed by atoms with Crippen LogP contribution < -0.4 is 0 Å². The highest BCUT2D eigenvalue weighted by molar-refractivity contribution is 9.09. The van der Waals surface area contributed by atoms with Crippen molar-refractivity contribution in [2.75, 3.05) is 0 Å². The number of Topliss-reactive ketones (excluding diaryl/α,β-unsaturated/α-hetero) is 1. The lowest BCUT2D eigenvalue weighted by Crippen LogP contribution is -2.12. The minimum absolute atomic E-state index is 0.0110. The maximum atomic E-state index is 10.4. The van der Waals surface area contributed by atoms with Gasteiger partial charge in [0.15, 0.2) is 5.01 Å². The van der Waals surface area contributed by atoms with E-state index >= 15 is 0 Å². The van der Waals surface area contributed by atoms with Crippen LogP contribution in [-0.2, 0) is 14.3 Å². The van der Waals surface area contributed by atoms with Gasteiger partial charge in [-0.05, 0) is 22.9 Å². The zero-order valence-corrected chi connectivity index (χ0v) is 7.47. The molecule has 0 bridgehead atoms. The van der Waals surface area contributed by atoms with E-state index in [0.717, 1.165) is 0 Å². The summed E-state index contributed by atoms with van der Waals surface area (Å²) in [6.45, 7) is 2.74. The van der Waals surface area contributed by atoms with Crippen LogP contribution in [-0.4, -0.2) is 16.8 Å². The Hall–Kier alpha value is -0.380. The Morgan fingerprint density at radius 3 is 2.30 bits per heavy atom. The summed E-state index contributed by atoms with van der Waals surface area (Å²) in [4.78, 5) is 20.7. The summed E-state index contributed by atoms with van der Waals surface area (Å²) in [5.74, 6) is -0.397. The number of esters is 1. The molecule has 0 aliphatic heterocycles. The quantitative estimate of drug-likeness (QED) is 0.518. The molecule has 1 unspecified atom stereocenters. The average molecular weight is 209 g/mol. The number of ketones is 1. The summed E-state index contributed by atoms with van der Waals surface area (Å²) < 4.78 is 4.62. The molecular weight excluding hydrogens is 200 g/mol. The van der Waals surface area contributed by atoms with E-state index < -0.39 is 5.01 Å². The minimum atomic E-state index is -0.470. The van der Waals surface area contributed by atoms with Crippen molar-refractivity contribution >= 4 is 27.7 Å². The molecule has 0 saturated heterocycles. The first-order chi connectivity index (χ1) is 4.52. The van der Waals surface area contributed by atoms with Crippen LogP contribution >= 0.6 is 15.9 Å². The standard InChI is InChI=1S/C6H9BrO3/c1-4(8)3-6(7)10-5(2)9/h6H,3H2,1-2H3. The predicted octanol–water partition coefficient (Wildman–Crippen LogP) is 1.25. The lowest BCUT2D eigenvalue weighted by atomic mass is 10.3. The van der Waals surface area contributed by atoms with Crippen LogP contribution in [0.15, 0.2) is 0 Å². The van der Waals surface area contributed by atoms with Crippen molar-refractivity contribution in [2.45, 2.75) is 25.3 Å². The van der Waals surface area contributed by atoms with Gasteiger partial charge in [-0.25, -0.2) is 0 Å². The summed E-state index contributed by atoms with van der Waals surface area (Å²) in [5, 5.41) is -0.470. The number of rotatable bonds is 3. The molecule has 0 aromatic rings. The van der Waals surface area contributed by atoms with Crippen molar-refractivity contribution in [3.8, 4) is 0 Å². The van der Waals surface area contributed by atoms with Gasteiger partial charge in [-0.3, -0.25) is 9.59 Å². The molecule has 0 fully saturated rings. The van der Waals surface area contributed by atoms with Crippen LogP contribution in [0.3, 0.4) is 0 Å². The van der Waals surface area contributed by atoms with Gasteiger partial charge in [0.2, 0.25) is 0 Å². The molecule has 0 radical (unpaired) electrons. The minimum Gasteiger partial charge on any atom is -0.450 e. The molecule has 1 atom stereocenters. The van der Waals surface area contributed by atoms with Gasteiger partial charge in [0.05, 0.1) is 6.42 Å². The molecule has 0 heterocycles. The Morgan fingerprint density at radius 2 is 2.00 bits per heavy atom. The Morgan fingerprint density at radius 1 is 1.50 bits per heavy atom. The van der Waals surface area contributed by atoms with Gasteiger partial charge >= 0.3 is 5.97 Å². The van der Waals surface area contributed by atoms with E-state index in [4.69, 9.17) is 0 Å². The molecule has 0 aliphatic carbocycles. The first kappa shape index (κ1) is 9.62. The largest absolute Gasteiger partial charge is 0.450 e. The first-order valence-electron chi connectivity index (χ1n) is 2.83. The third-order valence-electron chi connectivity index (χ3n) is 0.742. The Bertz CT molecular complexity index is 128. The van der Waals surface area contributed by atoms with Gasteiger partial charge in [0.25, 0.3) is 0 Å². The van der Waals surface area contributed by atoms with Crippen LogP contribution in [0.25, 0.3) is 0 Å². The fourth-order valence-corrected chi connectivity index (χ4v) is 1.17. The van der Waals surface area contributed by atoms with Crippen molar-refractivity contribution < 1.29 is 14.3 Å². The number of carbonyl (C=O) groups is 2. The van der Waals surface area contributed by atoms with Crippen molar-refractivity contribution in [3.05, 3.63) is 0 Å². The maximum Gasteiger partial charge on any atom is 0.303 e. The van der Waals surface area contributed by atoms with Gasteiger partial charge in [-0.15, -0.1) is 0 Å². The third-order valence-corrected chi connectivity index (χ3v) is 1.25. The van der Waals surface area contributed by atoms with Gasteiger partial charge < -0.3 is 4.74 Å². The van der Waals surface area contributed by atoms with Crippen LogP contribution in [0.5, 0.6) is 0 Å². The molecule has 58 valence electrons. The SMILES string of the molecule is CC(=O)CC(Br)OC(C)=O. The molecule has 0 aliphatic rings. The molecule has 0 N–H and O–H groups in total. The maximum absolute atomic E-state index is 10.4. The number of hydrogen-bond acceptors (Lipinski definition) is 3. The molecule has 0 spiro atoms. The van der Waals surface area contributed by atoms with E-state index in [9.17, 15) is 9.59 Å². The highest BCUT2D eigenvalue weighted by Gasteiger charge is 2.08. The van der Waals surface area contributed by atoms with Crippen molar-refractivity contribution in [3.63, 3.8) is 0 Å². The second-order valence-corrected chi connectivity index (χ2v) is 2.95. The van der Waals surface area contributed by atoms with E-state index in [0.29, 0.717) is 0 Å². The highest BCUT2D eigenvalue weighted by Crippen LogP contribution is 2.07. The normalized spacial score (nSPS) is 12.3. The van der Waals surface area contributed by atoms with Crippen LogP contribution in [0.4, 0.5) is 0 Å². The summed E-state index contributed by atoms with van der Waals surface area (Å²) in [6.07, 6.45) is 0.222. The Balaban J connectivity index is 3.53. The second-order valence-electron chi connectivity index (χ2n) is 1.93. The van der Waals surface area contributed by atoms with Crippen LogP contribution in [0.2, 0.25) is 0 Å². The van der Waals surface area contributed by atoms with Gasteiger partial charge in [0.1, 0.15) is 5.78 Å². The highest BCUT2D eigenvalue weighted by atomic mass is 79.9. The third kappa shape index (κ3) is 5.75. The Labute approximate surface area is 67.9 Å². The number of halogens is 1. The lowest BCUT2D eigenvalue weighted by Gasteiger charge is -2.06. The monoisotopic (exact) mass is 208 g/mol. The predicted molar refractivity (Wildman–Crippen MR) is 39.8 cm³/mol. The topological polar surface area (TPSA) is 43.4 Å². The van der Waals surface area contributed by atoms with Gasteiger partial charge in [-0.2, -0.15) is 0 Å². The molecule has 0 aromatic heterocycles. The average Bonchev–Trinajstić information content (AvgIpc) is 1.58. The van der Waals surface area contributed by atoms with Crippen molar-refractivity contribution in [1.29, 1.82) is 0 Å². The van der Waals surface area contributed by atoms with Gasteiger partial charge in [0, 0.05) is 6.92 Å². The smallest absolute Gasteiger partial charge is 0.303 e. The van der Waals surface area contributed by atoms with Gasteiger partial charge in [-0.1, -0.05) is 0 Å². The molecule has 3 nitrogen and oxygen atoms in total. The zero-order valence-electron chi connectivity index (χ0n) is 5.89. The number of carbonyl (C=O) groups excluding carboxylic acids is 2. The second kappa shape index (κ2) is 4.44. The molecule has 0 rings (SSSR count). The molecule has 0 saturated carbocycles. The lowest BCUT2D eigenvalue weighted by molar-refractivity contribution is -0.142. The summed E-state index contributed by atoms with van der Waals surface area (Å²) in [6, 6.07) is 0. The van der Waals surface area contributed by atoms with E-state index in [2.05, 4.69) is 20.7 Å². The molecule has 10 heavy (non-hydrogen) atoms. The van der Waals surface area contributed by atoms with E-state index in [1.165, 1.54) is 13.8 Å². The van der Waals surface area contributed by atoms with Crippen LogP contribution in [0, 0.1) is 0 Å². The van der Waals surface area contributed by atoms with Crippen molar-refractivity contribution in [2.24, 2.45) is 0 Å².